The summed E-state index contributed by atoms with van der Waals surface area (Å²) in [5.74, 6) is 0.756. The number of carbonyl (C=O) groups is 1. The first kappa shape index (κ1) is 14.6. The number of benzene rings is 1. The van der Waals surface area contributed by atoms with Crippen molar-refractivity contribution in [3.05, 3.63) is 24.3 Å². The SMILES string of the molecule is COCCOc1ccc(NC(=O)N2CCOCC2)cc1. The third-order valence-electron chi connectivity index (χ3n) is 2.96. The van der Waals surface area contributed by atoms with Gasteiger partial charge in [-0.15, -0.1) is 0 Å². The summed E-state index contributed by atoms with van der Waals surface area (Å²) in [4.78, 5) is 13.7. The highest BCUT2D eigenvalue weighted by atomic mass is 16.5. The van der Waals surface area contributed by atoms with Crippen molar-refractivity contribution < 1.29 is 19.0 Å². The quantitative estimate of drug-likeness (QED) is 0.832. The van der Waals surface area contributed by atoms with Gasteiger partial charge in [0, 0.05) is 25.9 Å². The number of rotatable bonds is 5. The molecule has 1 aromatic rings. The summed E-state index contributed by atoms with van der Waals surface area (Å²) < 4.78 is 15.6. The number of hydrogen-bond donors (Lipinski definition) is 1. The predicted octanol–water partition coefficient (Wildman–Crippen LogP) is 1.58. The number of hydrogen-bond acceptors (Lipinski definition) is 4. The first-order valence-corrected chi connectivity index (χ1v) is 6.65. The van der Waals surface area contributed by atoms with E-state index in [1.165, 1.54) is 0 Å². The van der Waals surface area contributed by atoms with Gasteiger partial charge in [-0.3, -0.25) is 0 Å². The van der Waals surface area contributed by atoms with Crippen molar-refractivity contribution in [2.75, 3.05) is 51.9 Å². The number of nitrogens with one attached hydrogen (secondary N) is 1. The molecule has 0 spiro atoms. The molecular formula is C14H20N2O4. The Morgan fingerprint density at radius 1 is 1.25 bits per heavy atom. The fourth-order valence-electron chi connectivity index (χ4n) is 1.85. The molecule has 1 aromatic carbocycles. The summed E-state index contributed by atoms with van der Waals surface area (Å²) in [6.45, 7) is 3.51. The third-order valence-corrected chi connectivity index (χ3v) is 2.96. The Labute approximate surface area is 118 Å². The summed E-state index contributed by atoms with van der Waals surface area (Å²) >= 11 is 0. The molecule has 20 heavy (non-hydrogen) atoms. The van der Waals surface area contributed by atoms with E-state index in [4.69, 9.17) is 14.2 Å². The van der Waals surface area contributed by atoms with Crippen molar-refractivity contribution in [1.29, 1.82) is 0 Å². The van der Waals surface area contributed by atoms with Gasteiger partial charge in [0.2, 0.25) is 0 Å². The van der Waals surface area contributed by atoms with E-state index in [-0.39, 0.29) is 6.03 Å². The number of nitrogens with zero attached hydrogens (tertiary/aromatic N) is 1. The highest BCUT2D eigenvalue weighted by Gasteiger charge is 2.16. The first-order chi connectivity index (χ1) is 9.79. The Morgan fingerprint density at radius 3 is 2.60 bits per heavy atom. The lowest BCUT2D eigenvalue weighted by molar-refractivity contribution is 0.0564. The van der Waals surface area contributed by atoms with Gasteiger partial charge in [0.1, 0.15) is 12.4 Å². The van der Waals surface area contributed by atoms with E-state index >= 15 is 0 Å². The van der Waals surface area contributed by atoms with Gasteiger partial charge < -0.3 is 24.4 Å². The number of urea groups is 1. The van der Waals surface area contributed by atoms with Crippen LogP contribution in [0.3, 0.4) is 0 Å². The summed E-state index contributed by atoms with van der Waals surface area (Å²) in [7, 11) is 1.63. The van der Waals surface area contributed by atoms with E-state index in [2.05, 4.69) is 5.32 Å². The zero-order chi connectivity index (χ0) is 14.2. The predicted molar refractivity (Wildman–Crippen MR) is 75.2 cm³/mol. The Bertz CT molecular complexity index is 416. The van der Waals surface area contributed by atoms with Gasteiger partial charge in [0.15, 0.2) is 0 Å². The number of methoxy groups -OCH3 is 1. The Balaban J connectivity index is 1.81. The van der Waals surface area contributed by atoms with Crippen molar-refractivity contribution in [2.45, 2.75) is 0 Å². The third kappa shape index (κ3) is 4.40. The molecule has 2 rings (SSSR count). The van der Waals surface area contributed by atoms with Crippen molar-refractivity contribution in [2.24, 2.45) is 0 Å². The van der Waals surface area contributed by atoms with Crippen LogP contribution in [0.5, 0.6) is 5.75 Å². The van der Waals surface area contributed by atoms with Crippen LogP contribution in [-0.2, 0) is 9.47 Å². The van der Waals surface area contributed by atoms with Crippen LogP contribution in [0.15, 0.2) is 24.3 Å². The molecule has 6 heteroatoms. The molecule has 0 atom stereocenters. The molecule has 0 aromatic heterocycles. The van der Waals surface area contributed by atoms with Crippen molar-refractivity contribution in [3.8, 4) is 5.75 Å². The maximum atomic E-state index is 12.0. The van der Waals surface area contributed by atoms with E-state index in [9.17, 15) is 4.79 Å². The highest BCUT2D eigenvalue weighted by molar-refractivity contribution is 5.89. The van der Waals surface area contributed by atoms with Gasteiger partial charge in [-0.25, -0.2) is 4.79 Å². The minimum Gasteiger partial charge on any atom is -0.491 e. The Kier molecular flexibility index (Phi) is 5.64. The standard InChI is InChI=1S/C14H20N2O4/c1-18-10-11-20-13-4-2-12(3-5-13)15-14(17)16-6-8-19-9-7-16/h2-5H,6-11H2,1H3,(H,15,17). The van der Waals surface area contributed by atoms with Crippen LogP contribution in [0.25, 0.3) is 0 Å². The second kappa shape index (κ2) is 7.72. The lowest BCUT2D eigenvalue weighted by atomic mass is 10.3. The van der Waals surface area contributed by atoms with E-state index in [0.717, 1.165) is 11.4 Å². The Hall–Kier alpha value is -1.79. The monoisotopic (exact) mass is 280 g/mol. The molecule has 1 saturated heterocycles. The summed E-state index contributed by atoms with van der Waals surface area (Å²) in [6.07, 6.45) is 0. The summed E-state index contributed by atoms with van der Waals surface area (Å²) in [5.41, 5.74) is 0.751. The van der Waals surface area contributed by atoms with E-state index < -0.39 is 0 Å². The molecule has 0 aliphatic carbocycles. The molecule has 1 aliphatic heterocycles. The molecular weight excluding hydrogens is 260 g/mol. The fraction of sp³-hybridized carbons (Fsp3) is 0.500. The lowest BCUT2D eigenvalue weighted by Crippen LogP contribution is -2.43. The van der Waals surface area contributed by atoms with Crippen LogP contribution in [0.1, 0.15) is 0 Å². The molecule has 2 amide bonds. The smallest absolute Gasteiger partial charge is 0.321 e. The van der Waals surface area contributed by atoms with Crippen LogP contribution >= 0.6 is 0 Å². The zero-order valence-corrected chi connectivity index (χ0v) is 11.6. The van der Waals surface area contributed by atoms with Gasteiger partial charge >= 0.3 is 6.03 Å². The fourth-order valence-corrected chi connectivity index (χ4v) is 1.85. The van der Waals surface area contributed by atoms with Crippen LogP contribution < -0.4 is 10.1 Å². The van der Waals surface area contributed by atoms with E-state index in [1.54, 1.807) is 12.0 Å². The van der Waals surface area contributed by atoms with E-state index in [1.807, 2.05) is 24.3 Å². The molecule has 6 nitrogen and oxygen atoms in total. The minimum absolute atomic E-state index is 0.0960. The lowest BCUT2D eigenvalue weighted by Gasteiger charge is -2.26. The average molecular weight is 280 g/mol. The number of carbonyl (C=O) groups excluding carboxylic acids is 1. The van der Waals surface area contributed by atoms with Gasteiger partial charge in [0.05, 0.1) is 19.8 Å². The van der Waals surface area contributed by atoms with Crippen molar-refractivity contribution in [1.82, 2.24) is 4.90 Å². The molecule has 0 radical (unpaired) electrons. The normalized spacial score (nSPS) is 14.9. The van der Waals surface area contributed by atoms with Crippen molar-refractivity contribution >= 4 is 11.7 Å². The molecule has 0 unspecified atom stereocenters. The number of amides is 2. The zero-order valence-electron chi connectivity index (χ0n) is 11.6. The number of anilines is 1. The largest absolute Gasteiger partial charge is 0.491 e. The maximum absolute atomic E-state index is 12.0. The first-order valence-electron chi connectivity index (χ1n) is 6.65. The highest BCUT2D eigenvalue weighted by Crippen LogP contribution is 2.16. The number of morpholine rings is 1. The minimum atomic E-state index is -0.0960. The molecule has 0 saturated carbocycles. The van der Waals surface area contributed by atoms with E-state index in [0.29, 0.717) is 39.5 Å². The maximum Gasteiger partial charge on any atom is 0.321 e. The van der Waals surface area contributed by atoms with Crippen LogP contribution in [-0.4, -0.2) is 57.6 Å². The second-order valence-electron chi connectivity index (χ2n) is 4.40. The summed E-state index contributed by atoms with van der Waals surface area (Å²) in [5, 5.41) is 2.86. The van der Waals surface area contributed by atoms with Crippen LogP contribution in [0.2, 0.25) is 0 Å². The van der Waals surface area contributed by atoms with Crippen LogP contribution in [0, 0.1) is 0 Å². The molecule has 1 N–H and O–H groups in total. The second-order valence-corrected chi connectivity index (χ2v) is 4.40. The molecule has 1 fully saturated rings. The van der Waals surface area contributed by atoms with Crippen LogP contribution in [0.4, 0.5) is 10.5 Å². The average Bonchev–Trinajstić information content (AvgIpc) is 2.50. The Morgan fingerprint density at radius 2 is 1.95 bits per heavy atom. The molecule has 0 bridgehead atoms. The molecule has 110 valence electrons. The molecule has 1 heterocycles. The van der Waals surface area contributed by atoms with Gasteiger partial charge in [-0.1, -0.05) is 0 Å². The molecule has 1 aliphatic rings. The van der Waals surface area contributed by atoms with Gasteiger partial charge in [-0.05, 0) is 24.3 Å². The van der Waals surface area contributed by atoms with Gasteiger partial charge in [0.25, 0.3) is 0 Å². The van der Waals surface area contributed by atoms with Crippen molar-refractivity contribution in [3.63, 3.8) is 0 Å². The topological polar surface area (TPSA) is 60.0 Å². The van der Waals surface area contributed by atoms with Gasteiger partial charge in [-0.2, -0.15) is 0 Å². The summed E-state index contributed by atoms with van der Waals surface area (Å²) in [6, 6.07) is 7.19. The number of ether oxygens (including phenoxy) is 3.